The molecule has 0 fully saturated rings. The van der Waals surface area contributed by atoms with Gasteiger partial charge in [0.1, 0.15) is 0 Å². The van der Waals surface area contributed by atoms with Crippen LogP contribution in [-0.4, -0.2) is 31.3 Å². The Kier molecular flexibility index (Phi) is 5.35. The largest absolute Gasteiger partial charge is 0.529 e. The van der Waals surface area contributed by atoms with Crippen LogP contribution < -0.4 is 0 Å². The molecule has 108 valence electrons. The molecule has 18 heavy (non-hydrogen) atoms. The van der Waals surface area contributed by atoms with Crippen LogP contribution in [0.25, 0.3) is 0 Å². The molecule has 0 bridgehead atoms. The van der Waals surface area contributed by atoms with Gasteiger partial charge in [0.2, 0.25) is 0 Å². The highest BCUT2D eigenvalue weighted by Gasteiger charge is 2.53. The number of carbonyl (C=O) groups is 1. The van der Waals surface area contributed by atoms with Crippen LogP contribution in [0.4, 0.5) is 30.7 Å². The maximum absolute atomic E-state index is 12.6. The van der Waals surface area contributed by atoms with E-state index in [1.807, 2.05) is 4.74 Å². The van der Waals surface area contributed by atoms with Crippen LogP contribution in [0.3, 0.4) is 0 Å². The maximum Gasteiger partial charge on any atom is 0.529 e. The number of hydrogen-bond donors (Lipinski definition) is 0. The molecule has 0 saturated carbocycles. The van der Waals surface area contributed by atoms with Gasteiger partial charge in [-0.05, 0) is 0 Å². The standard InChI is InChI=1S/C7H7F7O4/c1-2-4(15)16-3-5(8,9)17-7(13,14)18-6(10,11)12/h2-3H2,1H3. The molecule has 0 radical (unpaired) electrons. The van der Waals surface area contributed by atoms with Crippen LogP contribution in [-0.2, 0) is 19.0 Å². The second kappa shape index (κ2) is 5.69. The Morgan fingerprint density at radius 2 is 1.50 bits per heavy atom. The lowest BCUT2D eigenvalue weighted by molar-refractivity contribution is -0.535. The van der Waals surface area contributed by atoms with E-state index in [0.717, 1.165) is 0 Å². The van der Waals surface area contributed by atoms with Crippen molar-refractivity contribution in [3.63, 3.8) is 0 Å². The van der Waals surface area contributed by atoms with Crippen molar-refractivity contribution >= 4 is 5.97 Å². The van der Waals surface area contributed by atoms with Crippen molar-refractivity contribution in [2.24, 2.45) is 0 Å². The minimum Gasteiger partial charge on any atom is -0.456 e. The first-order chi connectivity index (χ1) is 7.87. The number of hydrogen-bond acceptors (Lipinski definition) is 4. The molecule has 0 aromatic rings. The van der Waals surface area contributed by atoms with Crippen LogP contribution in [0.1, 0.15) is 13.3 Å². The first-order valence-electron chi connectivity index (χ1n) is 4.25. The first kappa shape index (κ1) is 16.9. The van der Waals surface area contributed by atoms with Crippen LogP contribution in [0.2, 0.25) is 0 Å². The Morgan fingerprint density at radius 1 is 1.00 bits per heavy atom. The van der Waals surface area contributed by atoms with E-state index in [2.05, 4.69) is 9.47 Å². The average molecular weight is 288 g/mol. The second-order valence-corrected chi connectivity index (χ2v) is 2.76. The van der Waals surface area contributed by atoms with Crippen LogP contribution in [0, 0.1) is 0 Å². The summed E-state index contributed by atoms with van der Waals surface area (Å²) in [6, 6.07) is 0. The molecule has 0 aliphatic rings. The van der Waals surface area contributed by atoms with Crippen molar-refractivity contribution < 1.29 is 49.7 Å². The molecule has 11 heteroatoms. The summed E-state index contributed by atoms with van der Waals surface area (Å²) in [5, 5.41) is 0. The lowest BCUT2D eigenvalue weighted by Crippen LogP contribution is -2.41. The van der Waals surface area contributed by atoms with Crippen LogP contribution in [0.5, 0.6) is 0 Å². The van der Waals surface area contributed by atoms with E-state index in [1.54, 1.807) is 0 Å². The van der Waals surface area contributed by atoms with Gasteiger partial charge in [-0.15, -0.1) is 22.0 Å². The van der Waals surface area contributed by atoms with Crippen molar-refractivity contribution in [1.29, 1.82) is 0 Å². The predicted octanol–water partition coefficient (Wildman–Crippen LogP) is 2.64. The number of ether oxygens (including phenoxy) is 3. The average Bonchev–Trinajstić information content (AvgIpc) is 2.08. The highest BCUT2D eigenvalue weighted by atomic mass is 19.4. The van der Waals surface area contributed by atoms with E-state index in [1.165, 1.54) is 6.92 Å². The van der Waals surface area contributed by atoms with E-state index in [9.17, 15) is 35.5 Å². The summed E-state index contributed by atoms with van der Waals surface area (Å²) < 4.78 is 92.0. The van der Waals surface area contributed by atoms with Gasteiger partial charge in [0.15, 0.2) is 6.61 Å². The fourth-order valence-electron chi connectivity index (χ4n) is 0.625. The minimum atomic E-state index is -5.88. The van der Waals surface area contributed by atoms with Crippen molar-refractivity contribution in [3.05, 3.63) is 0 Å². The summed E-state index contributed by atoms with van der Waals surface area (Å²) in [6.45, 7) is -0.737. The molecule has 0 atom stereocenters. The molecule has 0 amide bonds. The summed E-state index contributed by atoms with van der Waals surface area (Å²) in [6.07, 6.45) is -16.6. The van der Waals surface area contributed by atoms with Crippen molar-refractivity contribution in [3.8, 4) is 0 Å². The van der Waals surface area contributed by atoms with Gasteiger partial charge in [0.05, 0.1) is 0 Å². The molecule has 0 aliphatic carbocycles. The lowest BCUT2D eigenvalue weighted by Gasteiger charge is -2.23. The number of carbonyl (C=O) groups excluding carboxylic acids is 1. The van der Waals surface area contributed by atoms with Crippen molar-refractivity contribution in [2.45, 2.75) is 32.1 Å². The van der Waals surface area contributed by atoms with Gasteiger partial charge in [-0.25, -0.2) is 4.74 Å². The van der Waals surface area contributed by atoms with Gasteiger partial charge in [0, 0.05) is 6.42 Å². The molecule has 0 aliphatic heterocycles. The van der Waals surface area contributed by atoms with Gasteiger partial charge in [-0.3, -0.25) is 4.79 Å². The number of esters is 1. The topological polar surface area (TPSA) is 44.8 Å². The maximum atomic E-state index is 12.6. The predicted molar refractivity (Wildman–Crippen MR) is 39.4 cm³/mol. The summed E-state index contributed by atoms with van der Waals surface area (Å²) in [4.78, 5) is 10.4. The highest BCUT2D eigenvalue weighted by molar-refractivity contribution is 5.68. The molecule has 0 aromatic heterocycles. The number of alkyl halides is 7. The van der Waals surface area contributed by atoms with Gasteiger partial charge in [-0.1, -0.05) is 6.92 Å². The third-order valence-corrected chi connectivity index (χ3v) is 1.19. The Hall–Kier alpha value is -1.10. The quantitative estimate of drug-likeness (QED) is 0.428. The molecule has 0 aromatic carbocycles. The molecule has 0 heterocycles. The van der Waals surface area contributed by atoms with Gasteiger partial charge >= 0.3 is 24.7 Å². The lowest BCUT2D eigenvalue weighted by atomic mass is 10.5. The second-order valence-electron chi connectivity index (χ2n) is 2.76. The zero-order valence-corrected chi connectivity index (χ0v) is 8.69. The van der Waals surface area contributed by atoms with E-state index in [0.29, 0.717) is 0 Å². The molecule has 0 N–H and O–H groups in total. The van der Waals surface area contributed by atoms with Crippen LogP contribution in [0.15, 0.2) is 0 Å². The third-order valence-electron chi connectivity index (χ3n) is 1.19. The Labute approximate surface area is 95.6 Å². The van der Waals surface area contributed by atoms with E-state index < -0.39 is 31.3 Å². The zero-order chi connectivity index (χ0) is 14.6. The van der Waals surface area contributed by atoms with Crippen molar-refractivity contribution in [2.75, 3.05) is 6.61 Å². The number of halogens is 7. The molecule has 0 saturated heterocycles. The molecule has 4 nitrogen and oxygen atoms in total. The molecular weight excluding hydrogens is 281 g/mol. The van der Waals surface area contributed by atoms with Gasteiger partial charge in [-0.2, -0.15) is 13.5 Å². The van der Waals surface area contributed by atoms with E-state index in [-0.39, 0.29) is 6.42 Å². The summed E-state index contributed by atoms with van der Waals surface area (Å²) in [5.74, 6) is -1.17. The number of rotatable bonds is 6. The minimum absolute atomic E-state index is 0.328. The Bertz CT molecular complexity index is 288. The van der Waals surface area contributed by atoms with Crippen LogP contribution >= 0.6 is 0 Å². The summed E-state index contributed by atoms with van der Waals surface area (Å²) in [5.41, 5.74) is 0. The normalized spacial score (nSPS) is 13.6. The van der Waals surface area contributed by atoms with Gasteiger partial charge in [0.25, 0.3) is 0 Å². The fourth-order valence-corrected chi connectivity index (χ4v) is 0.625. The molecule has 0 rings (SSSR count). The Balaban J connectivity index is 4.41. The zero-order valence-electron chi connectivity index (χ0n) is 8.69. The molecular formula is C7H7F7O4. The smallest absolute Gasteiger partial charge is 0.456 e. The van der Waals surface area contributed by atoms with Gasteiger partial charge < -0.3 is 4.74 Å². The SMILES string of the molecule is CCC(=O)OCC(F)(F)OC(F)(F)OC(F)(F)F. The summed E-state index contributed by atoms with van der Waals surface area (Å²) >= 11 is 0. The molecule has 0 unspecified atom stereocenters. The summed E-state index contributed by atoms with van der Waals surface area (Å²) in [7, 11) is 0. The first-order valence-corrected chi connectivity index (χ1v) is 4.25. The highest BCUT2D eigenvalue weighted by Crippen LogP contribution is 2.33. The van der Waals surface area contributed by atoms with Crippen molar-refractivity contribution in [1.82, 2.24) is 0 Å². The monoisotopic (exact) mass is 288 g/mol. The van der Waals surface area contributed by atoms with E-state index in [4.69, 9.17) is 0 Å². The Morgan fingerprint density at radius 3 is 1.89 bits per heavy atom. The molecule has 0 spiro atoms. The van der Waals surface area contributed by atoms with E-state index >= 15 is 0 Å². The third kappa shape index (κ3) is 8.06. The fraction of sp³-hybridized carbons (Fsp3) is 0.857.